The van der Waals surface area contributed by atoms with E-state index >= 15 is 0 Å². The summed E-state index contributed by atoms with van der Waals surface area (Å²) >= 11 is 0. The quantitative estimate of drug-likeness (QED) is 0.109. The predicted octanol–water partition coefficient (Wildman–Crippen LogP) is 19.7. The highest BCUT2D eigenvalue weighted by atomic mass is 29.2. The van der Waals surface area contributed by atoms with Crippen molar-refractivity contribution >= 4 is 141 Å². The highest BCUT2D eigenvalue weighted by Crippen LogP contribution is 2.57. The van der Waals surface area contributed by atoms with Crippen molar-refractivity contribution in [2.75, 3.05) is 0 Å². The molecule has 0 atom stereocenters. The predicted molar refractivity (Wildman–Crippen MR) is 404 cm³/mol. The van der Waals surface area contributed by atoms with Crippen molar-refractivity contribution in [1.82, 2.24) is 0 Å². The van der Waals surface area contributed by atoms with Crippen molar-refractivity contribution < 1.29 is 0 Å². The van der Waals surface area contributed by atoms with E-state index in [1.54, 1.807) is 0 Å². The molecule has 0 saturated carbocycles. The zero-order valence-corrected chi connectivity index (χ0v) is 75.5. The van der Waals surface area contributed by atoms with Crippen LogP contribution in [0.1, 0.15) is 48.9 Å². The average Bonchev–Trinajstić information content (AvgIpc) is 2.99. The largest absolute Gasteiger partial charge is 0.0838 e. The lowest BCUT2D eigenvalue weighted by Crippen LogP contribution is -2.85. The summed E-state index contributed by atoms with van der Waals surface area (Å²) in [6, 6.07) is 12.6. The third-order valence-corrected chi connectivity index (χ3v) is 113. The SMILES string of the molecule is C[Si](C)(C)C(c1cc(C([Si](C)(C)C)([Si](C)(C)C)[Si](C)(C)C)cc(C([Si](C)(C)C)[Si](C)(C)C)c1[Si][Si]1c2c(C([Si](C)(C)C)[Si](C)(C)C)cc(C([Si](C)(C)C)([Si](C)(C)C)[Si](C)(C)C)cc2C1([Si](C)(C)C)[Si](C)(C)C)[Si](C)(C)C. The van der Waals surface area contributed by atoms with Crippen molar-refractivity contribution in [1.29, 1.82) is 0 Å². The van der Waals surface area contributed by atoms with Gasteiger partial charge in [0.25, 0.3) is 0 Å². The number of hydrogen-bond acceptors (Lipinski definition) is 0. The van der Waals surface area contributed by atoms with Crippen molar-refractivity contribution in [3.8, 4) is 0 Å². The first-order valence-electron chi connectivity index (χ1n) is 30.7. The number of benzene rings is 2. The van der Waals surface area contributed by atoms with Crippen molar-refractivity contribution in [2.45, 2.75) is 303 Å². The molecular formula is C60H133Si16. The van der Waals surface area contributed by atoms with Crippen LogP contribution in [0.15, 0.2) is 24.3 Å². The molecule has 0 unspecified atom stereocenters. The molecule has 1 aliphatic rings. The molecule has 437 valence electrons. The Labute approximate surface area is 497 Å². The van der Waals surface area contributed by atoms with Gasteiger partial charge in [-0.05, 0) is 39.5 Å². The van der Waals surface area contributed by atoms with Gasteiger partial charge in [0, 0.05) is 113 Å². The van der Waals surface area contributed by atoms with Crippen LogP contribution in [0.4, 0.5) is 0 Å². The molecule has 1 aliphatic heterocycles. The van der Waals surface area contributed by atoms with E-state index in [1.807, 2.05) is 43.8 Å². The van der Waals surface area contributed by atoms with E-state index in [2.05, 4.69) is 299 Å². The van der Waals surface area contributed by atoms with Gasteiger partial charge in [-0.15, -0.1) is 0 Å². The summed E-state index contributed by atoms with van der Waals surface area (Å²) in [5.74, 6) is 0. The van der Waals surface area contributed by atoms with Gasteiger partial charge in [0.1, 0.15) is 0 Å². The minimum absolute atomic E-state index is 0.337. The third-order valence-electron chi connectivity index (χ3n) is 19.6. The first-order chi connectivity index (χ1) is 32.6. The molecule has 0 spiro atoms. The molecule has 0 fully saturated rings. The van der Waals surface area contributed by atoms with Gasteiger partial charge in [-0.25, -0.2) is 0 Å². The fourth-order valence-corrected chi connectivity index (χ4v) is 154. The summed E-state index contributed by atoms with van der Waals surface area (Å²) in [5, 5.41) is 6.21. The average molecular weight is 1300 g/mol. The molecule has 0 saturated heterocycles. The summed E-state index contributed by atoms with van der Waals surface area (Å²) in [6.45, 7) is 119. The van der Waals surface area contributed by atoms with Crippen LogP contribution in [-0.2, 0) is 12.9 Å². The minimum Gasteiger partial charge on any atom is -0.0693 e. The van der Waals surface area contributed by atoms with Gasteiger partial charge in [0.15, 0.2) is 0 Å². The molecule has 1 heterocycles. The molecule has 0 aliphatic carbocycles. The number of hydrogen-bond donors (Lipinski definition) is 0. The highest BCUT2D eigenvalue weighted by molar-refractivity contribution is 7.37. The normalized spacial score (nSPS) is 17.3. The zero-order valence-electron chi connectivity index (χ0n) is 59.5. The van der Waals surface area contributed by atoms with E-state index in [0.29, 0.717) is 23.2 Å². The molecule has 0 nitrogen and oxygen atoms in total. The molecule has 3 radical (unpaired) electrons. The molecule has 3 rings (SSSR count). The van der Waals surface area contributed by atoms with Gasteiger partial charge in [-0.3, -0.25) is 0 Å². The molecule has 2 aromatic rings. The number of rotatable bonds is 21. The van der Waals surface area contributed by atoms with Gasteiger partial charge in [0.05, 0.1) is 17.4 Å². The van der Waals surface area contributed by atoms with Crippen LogP contribution in [0.25, 0.3) is 0 Å². The Kier molecular flexibility index (Phi) is 20.0. The fraction of sp³-hybridized carbons (Fsp3) is 0.800. The molecule has 0 bridgehead atoms. The van der Waals surface area contributed by atoms with Crippen LogP contribution in [-0.4, -0.2) is 130 Å². The Hall–Kier alpha value is 1.91. The van der Waals surface area contributed by atoms with Crippen LogP contribution in [0.2, 0.25) is 275 Å². The van der Waals surface area contributed by atoms with Gasteiger partial charge in [-0.1, -0.05) is 332 Å². The second-order valence-electron chi connectivity index (χ2n) is 40.3. The van der Waals surface area contributed by atoms with Crippen molar-refractivity contribution in [3.05, 3.63) is 57.6 Å². The van der Waals surface area contributed by atoms with E-state index < -0.39 is 121 Å². The van der Waals surface area contributed by atoms with Crippen LogP contribution >= 0.6 is 0 Å². The lowest BCUT2D eigenvalue weighted by Gasteiger charge is -2.66. The topological polar surface area (TPSA) is 0 Å². The Balaban J connectivity index is 3.22. The molecular weight excluding hydrogens is 1170 g/mol. The molecule has 76 heavy (non-hydrogen) atoms. The Bertz CT molecular complexity index is 2210. The van der Waals surface area contributed by atoms with Crippen LogP contribution < -0.4 is 10.4 Å². The van der Waals surface area contributed by atoms with Gasteiger partial charge in [0.2, 0.25) is 0 Å². The second kappa shape index (κ2) is 21.1. The maximum Gasteiger partial charge on any atom is 0.0838 e. The summed E-state index contributed by atoms with van der Waals surface area (Å²) in [4.78, 5) is 0. The minimum atomic E-state index is -1.93. The first kappa shape index (κ1) is 72.2. The van der Waals surface area contributed by atoms with E-state index in [0.717, 1.165) is 14.2 Å². The molecule has 0 amide bonds. The maximum atomic E-state index is 3.15. The second-order valence-corrected chi connectivity index (χ2v) is 125. The molecule has 16 heteroatoms. The van der Waals surface area contributed by atoms with Crippen LogP contribution in [0.3, 0.4) is 0 Å². The lowest BCUT2D eigenvalue weighted by atomic mass is 10.1. The lowest BCUT2D eigenvalue weighted by molar-refractivity contribution is 0.961. The summed E-state index contributed by atoms with van der Waals surface area (Å²) in [5.41, 5.74) is 11.6. The zero-order chi connectivity index (χ0) is 61.0. The molecule has 2 aromatic carbocycles. The monoisotopic (exact) mass is 1300 g/mol. The standard InChI is InChI=1S/C60H133Si16/c1-63(2,3)55(64(4,5)6)49-43-47(59(71(25,26)27,72(28,29)30)73(31,32)33)44-50(56(65(7,8)9)66(10,11)12)53(49)61-62-54-51(57(67(13,14)15)68(16,17)18)45-48(46-52(54)58(62,69(19,20)21)70(22,23)24)60(74(34,35)36,75(37,38)39)76(40,41)42/h43-46,55-57H,1-42H3. The van der Waals surface area contributed by atoms with E-state index in [-0.39, 0.29) is 0 Å². The van der Waals surface area contributed by atoms with Crippen molar-refractivity contribution in [3.63, 3.8) is 0 Å². The number of fused-ring (bicyclic) bond motifs is 1. The van der Waals surface area contributed by atoms with E-state index in [4.69, 9.17) is 0 Å². The van der Waals surface area contributed by atoms with Gasteiger partial charge >= 0.3 is 0 Å². The summed E-state index contributed by atoms with van der Waals surface area (Å²) in [7, 11) is -25.5. The van der Waals surface area contributed by atoms with E-state index in [1.165, 1.54) is 0 Å². The van der Waals surface area contributed by atoms with E-state index in [9.17, 15) is 0 Å². The summed E-state index contributed by atoms with van der Waals surface area (Å²) in [6.07, 6.45) is 0. The van der Waals surface area contributed by atoms with Gasteiger partial charge < -0.3 is 0 Å². The summed E-state index contributed by atoms with van der Waals surface area (Å²) < 4.78 is 1.05. The third kappa shape index (κ3) is 12.3. The molecule has 0 N–H and O–H groups in total. The smallest absolute Gasteiger partial charge is 0.0693 e. The fourth-order valence-electron chi connectivity index (χ4n) is 22.5. The van der Waals surface area contributed by atoms with Crippen LogP contribution in [0.5, 0.6) is 0 Å². The highest BCUT2D eigenvalue weighted by Gasteiger charge is 2.69. The van der Waals surface area contributed by atoms with Gasteiger partial charge in [-0.2, -0.15) is 0 Å². The van der Waals surface area contributed by atoms with Crippen molar-refractivity contribution in [2.24, 2.45) is 0 Å². The Morgan fingerprint density at radius 3 is 0.737 bits per heavy atom. The van der Waals surface area contributed by atoms with Crippen LogP contribution in [0, 0.1) is 0 Å². The Morgan fingerprint density at radius 1 is 0.316 bits per heavy atom. The first-order valence-corrected chi connectivity index (χ1v) is 83.6. The Morgan fingerprint density at radius 2 is 0.526 bits per heavy atom. The molecule has 0 aromatic heterocycles. The maximum absolute atomic E-state index is 3.15.